The number of imidazole rings is 1. The molecule has 0 aromatic carbocycles. The molecule has 156 valence electrons. The van der Waals surface area contributed by atoms with Crippen molar-refractivity contribution in [3.63, 3.8) is 0 Å². The minimum atomic E-state index is -0.862. The van der Waals surface area contributed by atoms with Crippen LogP contribution < -0.4 is 11.1 Å². The number of pyridine rings is 4. The highest BCUT2D eigenvalue weighted by atomic mass is 19.1. The highest BCUT2D eigenvalue weighted by molar-refractivity contribution is 5.91. The zero-order chi connectivity index (χ0) is 21.9. The Morgan fingerprint density at radius 3 is 2.59 bits per heavy atom. The van der Waals surface area contributed by atoms with Gasteiger partial charge >= 0.3 is 0 Å². The lowest BCUT2D eigenvalue weighted by Crippen LogP contribution is -2.44. The van der Waals surface area contributed by atoms with E-state index >= 15 is 4.39 Å². The van der Waals surface area contributed by atoms with Crippen molar-refractivity contribution >= 4 is 22.4 Å². The fourth-order valence-electron chi connectivity index (χ4n) is 4.22. The van der Waals surface area contributed by atoms with Gasteiger partial charge in [0.2, 0.25) is 0 Å². The molecule has 0 saturated carbocycles. The van der Waals surface area contributed by atoms with Crippen LogP contribution in [0.1, 0.15) is 18.3 Å². The highest BCUT2D eigenvalue weighted by Crippen LogP contribution is 2.48. The summed E-state index contributed by atoms with van der Waals surface area (Å²) in [5, 5.41) is 3.30. The number of nitrogens with one attached hydrogen (secondary N) is 2. The van der Waals surface area contributed by atoms with Crippen LogP contribution >= 0.6 is 0 Å². The highest BCUT2D eigenvalue weighted by Gasteiger charge is 2.46. The third-order valence-corrected chi connectivity index (χ3v) is 5.80. The molecule has 1 aliphatic heterocycles. The first-order valence-corrected chi connectivity index (χ1v) is 9.97. The lowest BCUT2D eigenvalue weighted by atomic mass is 9.81. The summed E-state index contributed by atoms with van der Waals surface area (Å²) in [6.45, 7) is 1.89. The molecule has 0 radical (unpaired) electrons. The first kappa shape index (κ1) is 18.4. The number of hydrogen-bond donors (Lipinski definition) is 3. The molecule has 0 fully saturated rings. The van der Waals surface area contributed by atoms with E-state index in [1.807, 2.05) is 19.1 Å². The van der Waals surface area contributed by atoms with Gasteiger partial charge in [-0.25, -0.2) is 9.37 Å². The molecule has 0 bridgehead atoms. The molecule has 32 heavy (non-hydrogen) atoms. The summed E-state index contributed by atoms with van der Waals surface area (Å²) in [6, 6.07) is 5.46. The minimum Gasteiger partial charge on any atom is -0.397 e. The summed E-state index contributed by atoms with van der Waals surface area (Å²) in [4.78, 5) is 24.9. The number of aromatic amines is 1. The van der Waals surface area contributed by atoms with E-state index in [0.717, 1.165) is 22.2 Å². The lowest BCUT2D eigenvalue weighted by Gasteiger charge is -2.41. The summed E-state index contributed by atoms with van der Waals surface area (Å²) < 4.78 is 15.7. The molecule has 5 aromatic heterocycles. The van der Waals surface area contributed by atoms with Crippen LogP contribution in [0, 0.1) is 5.82 Å². The molecule has 1 unspecified atom stereocenters. The number of nitrogens with zero attached hydrogens (tertiary/aromatic N) is 5. The maximum absolute atomic E-state index is 15.7. The zero-order valence-corrected chi connectivity index (χ0v) is 17.0. The number of fused-ring (bicyclic) bond motifs is 2. The SMILES string of the molecule is CC1(c2nc3c(-c4ccncc4)cncc3[nH]2)Nc2cnc(-c3cncc(N)c3)c(F)c21. The Morgan fingerprint density at radius 2 is 1.78 bits per heavy atom. The smallest absolute Gasteiger partial charge is 0.157 e. The van der Waals surface area contributed by atoms with Gasteiger partial charge in [0.15, 0.2) is 5.82 Å². The third-order valence-electron chi connectivity index (χ3n) is 5.80. The van der Waals surface area contributed by atoms with Crippen molar-refractivity contribution in [1.82, 2.24) is 29.9 Å². The summed E-state index contributed by atoms with van der Waals surface area (Å²) in [7, 11) is 0. The Balaban J connectivity index is 1.49. The van der Waals surface area contributed by atoms with Gasteiger partial charge in [-0.15, -0.1) is 0 Å². The molecular weight excluding hydrogens is 407 g/mol. The summed E-state index contributed by atoms with van der Waals surface area (Å²) in [5.41, 5.74) is 10.6. The molecule has 6 rings (SSSR count). The predicted molar refractivity (Wildman–Crippen MR) is 119 cm³/mol. The standard InChI is InChI=1S/C23H17FN8/c1-23(18-16(32-23)11-29-20(19(18)24)13-6-14(25)8-27-7-13)22-30-17-10-28-9-15(21(17)31-22)12-2-4-26-5-3-12/h2-11,32H,25H2,1H3,(H,30,31). The van der Waals surface area contributed by atoms with E-state index in [0.29, 0.717) is 28.3 Å². The largest absolute Gasteiger partial charge is 0.397 e. The molecule has 1 atom stereocenters. The van der Waals surface area contributed by atoms with Crippen LogP contribution in [0.4, 0.5) is 15.8 Å². The van der Waals surface area contributed by atoms with Crippen molar-refractivity contribution in [2.24, 2.45) is 0 Å². The van der Waals surface area contributed by atoms with E-state index < -0.39 is 11.4 Å². The number of aromatic nitrogens is 6. The Morgan fingerprint density at radius 1 is 0.969 bits per heavy atom. The number of nitrogen functional groups attached to an aromatic ring is 1. The Hall–Kier alpha value is -4.40. The van der Waals surface area contributed by atoms with Crippen molar-refractivity contribution in [2.45, 2.75) is 12.5 Å². The van der Waals surface area contributed by atoms with E-state index in [1.54, 1.807) is 43.2 Å². The summed E-state index contributed by atoms with van der Waals surface area (Å²) in [6.07, 6.45) is 11.6. The number of hydrogen-bond acceptors (Lipinski definition) is 7. The summed E-state index contributed by atoms with van der Waals surface area (Å²) in [5.74, 6) is 0.161. The molecule has 4 N–H and O–H groups in total. The maximum Gasteiger partial charge on any atom is 0.157 e. The van der Waals surface area contributed by atoms with Crippen LogP contribution in [-0.4, -0.2) is 29.9 Å². The number of rotatable bonds is 3. The van der Waals surface area contributed by atoms with E-state index in [-0.39, 0.29) is 5.69 Å². The molecule has 1 aliphatic rings. The van der Waals surface area contributed by atoms with Gasteiger partial charge in [0.1, 0.15) is 17.1 Å². The quantitative estimate of drug-likeness (QED) is 0.402. The molecule has 0 aliphatic carbocycles. The lowest BCUT2D eigenvalue weighted by molar-refractivity contribution is 0.508. The Kier molecular flexibility index (Phi) is 3.76. The van der Waals surface area contributed by atoms with E-state index in [2.05, 4.69) is 30.2 Å². The van der Waals surface area contributed by atoms with Crippen LogP contribution in [0.15, 0.2) is 61.6 Å². The van der Waals surface area contributed by atoms with Crippen molar-refractivity contribution in [2.75, 3.05) is 11.1 Å². The number of nitrogens with two attached hydrogens (primary N) is 1. The van der Waals surface area contributed by atoms with E-state index in [1.165, 1.54) is 6.20 Å². The number of anilines is 2. The second kappa shape index (κ2) is 6.55. The van der Waals surface area contributed by atoms with Crippen LogP contribution in [-0.2, 0) is 5.54 Å². The van der Waals surface area contributed by atoms with Crippen molar-refractivity contribution < 1.29 is 4.39 Å². The Labute approximate surface area is 181 Å². The molecule has 9 heteroatoms. The topological polar surface area (TPSA) is 118 Å². The van der Waals surface area contributed by atoms with Gasteiger partial charge in [-0.05, 0) is 30.7 Å². The predicted octanol–water partition coefficient (Wildman–Crippen LogP) is 3.89. The van der Waals surface area contributed by atoms with Crippen molar-refractivity contribution in [1.29, 1.82) is 0 Å². The van der Waals surface area contributed by atoms with E-state index in [4.69, 9.17) is 10.7 Å². The molecule has 0 saturated heterocycles. The second-order valence-electron chi connectivity index (χ2n) is 7.87. The van der Waals surface area contributed by atoms with Crippen molar-refractivity contribution in [3.05, 3.63) is 78.8 Å². The van der Waals surface area contributed by atoms with Gasteiger partial charge in [-0.2, -0.15) is 0 Å². The van der Waals surface area contributed by atoms with Gasteiger partial charge in [-0.3, -0.25) is 19.9 Å². The van der Waals surface area contributed by atoms with Crippen LogP contribution in [0.25, 0.3) is 33.4 Å². The van der Waals surface area contributed by atoms with E-state index in [9.17, 15) is 0 Å². The Bertz CT molecular complexity index is 1500. The molecule has 0 spiro atoms. The number of halogens is 1. The molecule has 6 heterocycles. The van der Waals surface area contributed by atoms with Gasteiger partial charge in [0, 0.05) is 47.7 Å². The zero-order valence-electron chi connectivity index (χ0n) is 17.0. The monoisotopic (exact) mass is 424 g/mol. The van der Waals surface area contributed by atoms with Gasteiger partial charge in [-0.1, -0.05) is 0 Å². The van der Waals surface area contributed by atoms with Crippen LogP contribution in [0.3, 0.4) is 0 Å². The van der Waals surface area contributed by atoms with Crippen LogP contribution in [0.5, 0.6) is 0 Å². The minimum absolute atomic E-state index is 0.200. The molecule has 5 aromatic rings. The fraction of sp³-hybridized carbons (Fsp3) is 0.0870. The first-order chi connectivity index (χ1) is 15.5. The van der Waals surface area contributed by atoms with Gasteiger partial charge < -0.3 is 16.0 Å². The molecule has 0 amide bonds. The average molecular weight is 424 g/mol. The fourth-order valence-corrected chi connectivity index (χ4v) is 4.22. The second-order valence-corrected chi connectivity index (χ2v) is 7.87. The maximum atomic E-state index is 15.7. The third kappa shape index (κ3) is 2.57. The van der Waals surface area contributed by atoms with Gasteiger partial charge in [0.25, 0.3) is 0 Å². The van der Waals surface area contributed by atoms with Crippen LogP contribution in [0.2, 0.25) is 0 Å². The first-order valence-electron chi connectivity index (χ1n) is 9.97. The van der Waals surface area contributed by atoms with Crippen molar-refractivity contribution in [3.8, 4) is 22.4 Å². The summed E-state index contributed by atoms with van der Waals surface area (Å²) >= 11 is 0. The average Bonchev–Trinajstić information content (AvgIpc) is 3.23. The van der Waals surface area contributed by atoms with Gasteiger partial charge in [0.05, 0.1) is 34.8 Å². The molecule has 8 nitrogen and oxygen atoms in total. The number of H-pyrrole nitrogens is 1. The normalized spacial score (nSPS) is 16.9. The molecular formula is C23H17FN8.